The monoisotopic (exact) mass is 502 g/mol. The number of carbonyl (C=O) groups is 2. The average Bonchev–Trinajstić information content (AvgIpc) is 3.37. The summed E-state index contributed by atoms with van der Waals surface area (Å²) in [7, 11) is 3.40. The summed E-state index contributed by atoms with van der Waals surface area (Å²) >= 11 is 1.27. The number of aryl methyl sites for hydroxylation is 2. The molecule has 2 N–H and O–H groups in total. The van der Waals surface area contributed by atoms with Crippen LogP contribution in [-0.2, 0) is 24.4 Å². The summed E-state index contributed by atoms with van der Waals surface area (Å²) in [5.74, 6) is -0.480. The molecular formula is C24H31FN6O3S. The summed E-state index contributed by atoms with van der Waals surface area (Å²) in [5, 5.41) is 12.1. The first-order chi connectivity index (χ1) is 16.8. The van der Waals surface area contributed by atoms with Gasteiger partial charge in [0, 0.05) is 44.9 Å². The van der Waals surface area contributed by atoms with E-state index in [0.29, 0.717) is 40.8 Å². The molecule has 0 saturated heterocycles. The molecule has 188 valence electrons. The maximum Gasteiger partial charge on any atom is 0.321 e. The lowest BCUT2D eigenvalue weighted by molar-refractivity contribution is 0.0782. The Kier molecular flexibility index (Phi) is 9.32. The van der Waals surface area contributed by atoms with Crippen molar-refractivity contribution < 1.29 is 18.7 Å². The minimum atomic E-state index is -0.441. The van der Waals surface area contributed by atoms with Gasteiger partial charge < -0.3 is 15.0 Å². The molecule has 3 rings (SSSR count). The van der Waals surface area contributed by atoms with Crippen LogP contribution < -0.4 is 10.6 Å². The molecule has 9 nitrogen and oxygen atoms in total. The fraction of sp³-hybridized carbons (Fsp3) is 0.417. The lowest BCUT2D eigenvalue weighted by Crippen LogP contribution is -2.28. The van der Waals surface area contributed by atoms with Gasteiger partial charge in [-0.15, -0.1) is 11.3 Å². The number of thiazole rings is 1. The topological polar surface area (TPSA) is 101 Å². The van der Waals surface area contributed by atoms with Crippen molar-refractivity contribution in [2.75, 3.05) is 26.1 Å². The first-order valence-corrected chi connectivity index (χ1v) is 12.2. The molecule has 0 saturated carbocycles. The summed E-state index contributed by atoms with van der Waals surface area (Å²) in [6.07, 6.45) is 1.85. The van der Waals surface area contributed by atoms with Crippen molar-refractivity contribution in [1.29, 1.82) is 0 Å². The second-order valence-corrected chi connectivity index (χ2v) is 9.07. The first kappa shape index (κ1) is 26.3. The van der Waals surface area contributed by atoms with Gasteiger partial charge in [0.15, 0.2) is 5.13 Å². The lowest BCUT2D eigenvalue weighted by atomic mass is 10.1. The number of halogens is 1. The van der Waals surface area contributed by atoms with Crippen LogP contribution in [0.4, 0.5) is 14.3 Å². The molecule has 0 aliphatic carbocycles. The van der Waals surface area contributed by atoms with E-state index < -0.39 is 6.03 Å². The molecule has 11 heteroatoms. The van der Waals surface area contributed by atoms with E-state index in [1.807, 2.05) is 18.5 Å². The highest BCUT2D eigenvalue weighted by Gasteiger charge is 2.22. The standard InChI is InChI=1S/C24H31FN6O3S/c1-16-21(17(2)31(29-16)10-5-6-11-34-4)22(32)30(3)14-20-15-35-24(27-20)28-23(33)26-13-18-8-7-9-19(25)12-18/h7-9,12,15H,5-6,10-11,13-14H2,1-4H3,(H2,26,27,28,33). The van der Waals surface area contributed by atoms with E-state index in [4.69, 9.17) is 4.74 Å². The molecular weight excluding hydrogens is 471 g/mol. The molecule has 35 heavy (non-hydrogen) atoms. The van der Waals surface area contributed by atoms with Gasteiger partial charge in [-0.2, -0.15) is 5.10 Å². The van der Waals surface area contributed by atoms with E-state index in [1.54, 1.807) is 36.6 Å². The number of methoxy groups -OCH3 is 1. The predicted molar refractivity (Wildman–Crippen MR) is 133 cm³/mol. The largest absolute Gasteiger partial charge is 0.385 e. The zero-order valence-corrected chi connectivity index (χ0v) is 21.2. The highest BCUT2D eigenvalue weighted by Crippen LogP contribution is 2.20. The smallest absolute Gasteiger partial charge is 0.321 e. The molecule has 1 aromatic carbocycles. The zero-order chi connectivity index (χ0) is 25.4. The number of urea groups is 1. The Bertz CT molecular complexity index is 1160. The van der Waals surface area contributed by atoms with Crippen LogP contribution in [0, 0.1) is 19.7 Å². The fourth-order valence-corrected chi connectivity index (χ4v) is 4.34. The van der Waals surface area contributed by atoms with Crippen LogP contribution >= 0.6 is 11.3 Å². The number of hydrogen-bond donors (Lipinski definition) is 2. The summed E-state index contributed by atoms with van der Waals surface area (Å²) < 4.78 is 20.2. The molecule has 3 aromatic rings. The Morgan fingerprint density at radius 1 is 1.26 bits per heavy atom. The number of rotatable bonds is 11. The lowest BCUT2D eigenvalue weighted by Gasteiger charge is -2.16. The van der Waals surface area contributed by atoms with Gasteiger partial charge in [0.1, 0.15) is 5.82 Å². The van der Waals surface area contributed by atoms with Gasteiger partial charge >= 0.3 is 6.03 Å². The number of ether oxygens (including phenoxy) is 1. The highest BCUT2D eigenvalue weighted by molar-refractivity contribution is 7.13. The highest BCUT2D eigenvalue weighted by atomic mass is 32.1. The number of aromatic nitrogens is 3. The van der Waals surface area contributed by atoms with Crippen molar-refractivity contribution in [1.82, 2.24) is 25.0 Å². The zero-order valence-electron chi connectivity index (χ0n) is 20.4. The number of hydrogen-bond acceptors (Lipinski definition) is 6. The van der Waals surface area contributed by atoms with E-state index in [1.165, 1.54) is 23.5 Å². The minimum Gasteiger partial charge on any atom is -0.385 e. The molecule has 3 amide bonds. The second-order valence-electron chi connectivity index (χ2n) is 8.21. The Labute approximate surface area is 208 Å². The van der Waals surface area contributed by atoms with E-state index in [0.717, 1.165) is 25.1 Å². The number of anilines is 1. The maximum absolute atomic E-state index is 13.3. The number of unbranched alkanes of at least 4 members (excludes halogenated alkanes) is 1. The molecule has 0 aliphatic heterocycles. The van der Waals surface area contributed by atoms with Gasteiger partial charge in [0.05, 0.1) is 23.5 Å². The molecule has 0 aliphatic rings. The number of nitrogens with zero attached hydrogens (tertiary/aromatic N) is 4. The van der Waals surface area contributed by atoms with E-state index in [-0.39, 0.29) is 18.3 Å². The van der Waals surface area contributed by atoms with Crippen molar-refractivity contribution in [3.05, 3.63) is 63.7 Å². The average molecular weight is 503 g/mol. The molecule has 0 radical (unpaired) electrons. The van der Waals surface area contributed by atoms with Gasteiger partial charge in [-0.25, -0.2) is 14.2 Å². The van der Waals surface area contributed by atoms with Crippen LogP contribution in [0.25, 0.3) is 0 Å². The third kappa shape index (κ3) is 7.33. The van der Waals surface area contributed by atoms with Crippen LogP contribution in [0.15, 0.2) is 29.6 Å². The molecule has 0 unspecified atom stereocenters. The van der Waals surface area contributed by atoms with Crippen molar-refractivity contribution >= 4 is 28.4 Å². The maximum atomic E-state index is 13.3. The third-order valence-electron chi connectivity index (χ3n) is 5.42. The molecule has 2 aromatic heterocycles. The van der Waals surface area contributed by atoms with Crippen LogP contribution in [0.5, 0.6) is 0 Å². The van der Waals surface area contributed by atoms with Gasteiger partial charge in [0.2, 0.25) is 0 Å². The van der Waals surface area contributed by atoms with Crippen molar-refractivity contribution in [3.8, 4) is 0 Å². The third-order valence-corrected chi connectivity index (χ3v) is 6.23. The number of nitrogens with one attached hydrogen (secondary N) is 2. The summed E-state index contributed by atoms with van der Waals surface area (Å²) in [4.78, 5) is 31.3. The molecule has 2 heterocycles. The van der Waals surface area contributed by atoms with Gasteiger partial charge in [0.25, 0.3) is 5.91 Å². The molecule has 0 fully saturated rings. The van der Waals surface area contributed by atoms with Crippen LogP contribution in [0.2, 0.25) is 0 Å². The van der Waals surface area contributed by atoms with Gasteiger partial charge in [-0.1, -0.05) is 12.1 Å². The molecule has 0 bridgehead atoms. The van der Waals surface area contributed by atoms with Gasteiger partial charge in [-0.05, 0) is 44.4 Å². The quantitative estimate of drug-likeness (QED) is 0.384. The van der Waals surface area contributed by atoms with E-state index >= 15 is 0 Å². The summed E-state index contributed by atoms with van der Waals surface area (Å²) in [5.41, 5.74) is 3.45. The van der Waals surface area contributed by atoms with Crippen LogP contribution in [-0.4, -0.2) is 52.4 Å². The first-order valence-electron chi connectivity index (χ1n) is 11.3. The van der Waals surface area contributed by atoms with Crippen molar-refractivity contribution in [2.24, 2.45) is 0 Å². The Hall–Kier alpha value is -3.31. The Morgan fingerprint density at radius 2 is 2.06 bits per heavy atom. The summed E-state index contributed by atoms with van der Waals surface area (Å²) in [6, 6.07) is 5.59. The number of amides is 3. The SMILES string of the molecule is COCCCCn1nc(C)c(C(=O)N(C)Cc2csc(NC(=O)NCc3cccc(F)c3)n2)c1C. The van der Waals surface area contributed by atoms with Crippen molar-refractivity contribution in [3.63, 3.8) is 0 Å². The minimum absolute atomic E-state index is 0.126. The summed E-state index contributed by atoms with van der Waals surface area (Å²) in [6.45, 7) is 5.66. The molecule has 0 spiro atoms. The fourth-order valence-electron chi connectivity index (χ4n) is 3.65. The number of carbonyl (C=O) groups excluding carboxylic acids is 2. The van der Waals surface area contributed by atoms with E-state index in [2.05, 4.69) is 20.7 Å². The Morgan fingerprint density at radius 3 is 2.80 bits per heavy atom. The predicted octanol–water partition coefficient (Wildman–Crippen LogP) is 4.12. The Balaban J connectivity index is 1.53. The van der Waals surface area contributed by atoms with Crippen LogP contribution in [0.1, 0.15) is 45.8 Å². The number of benzene rings is 1. The second kappa shape index (κ2) is 12.4. The van der Waals surface area contributed by atoms with Crippen molar-refractivity contribution in [2.45, 2.75) is 46.3 Å². The van der Waals surface area contributed by atoms with Gasteiger partial charge in [-0.3, -0.25) is 14.8 Å². The van der Waals surface area contributed by atoms with Crippen LogP contribution in [0.3, 0.4) is 0 Å². The van der Waals surface area contributed by atoms with E-state index in [9.17, 15) is 14.0 Å². The normalized spacial score (nSPS) is 10.9. The molecule has 0 atom stereocenters.